The van der Waals surface area contributed by atoms with Crippen LogP contribution in [0.5, 0.6) is 11.5 Å². The highest BCUT2D eigenvalue weighted by Crippen LogP contribution is 2.43. The van der Waals surface area contributed by atoms with E-state index in [1.54, 1.807) is 0 Å². The number of aromatic nitrogens is 2. The summed E-state index contributed by atoms with van der Waals surface area (Å²) in [5, 5.41) is 0. The van der Waals surface area contributed by atoms with Gasteiger partial charge in [-0.05, 0) is 32.2 Å². The molecule has 2 aromatic rings. The molecule has 0 radical (unpaired) electrons. The summed E-state index contributed by atoms with van der Waals surface area (Å²) in [7, 11) is 0. The molecule has 0 amide bonds. The number of fused-ring (bicyclic) bond motifs is 2. The average molecular weight is 273 g/mol. The summed E-state index contributed by atoms with van der Waals surface area (Å²) >= 11 is 0. The van der Waals surface area contributed by atoms with Gasteiger partial charge in [-0.2, -0.15) is 0 Å². The average Bonchev–Trinajstić information content (AvgIpc) is 3.10. The molecule has 1 saturated carbocycles. The van der Waals surface area contributed by atoms with Crippen LogP contribution in [0.2, 0.25) is 0 Å². The van der Waals surface area contributed by atoms with Gasteiger partial charge in [-0.25, -0.2) is 4.98 Å². The first-order valence-electron chi connectivity index (χ1n) is 7.36. The molecular formula is C15H19N3O2. The molecule has 1 aromatic heterocycles. The van der Waals surface area contributed by atoms with Crippen molar-refractivity contribution < 1.29 is 9.47 Å². The molecular weight excluding hydrogens is 254 g/mol. The predicted molar refractivity (Wildman–Crippen MR) is 76.1 cm³/mol. The van der Waals surface area contributed by atoms with E-state index in [9.17, 15) is 0 Å². The Kier molecular flexibility index (Phi) is 2.80. The minimum Gasteiger partial charge on any atom is -0.454 e. The van der Waals surface area contributed by atoms with Crippen LogP contribution in [0.4, 0.5) is 0 Å². The normalized spacial score (nSPS) is 17.1. The highest BCUT2D eigenvalue weighted by molar-refractivity contribution is 5.81. The standard InChI is InChI=1S/C15H19N3O2/c16-5-1-2-6-18-12-8-14-13(19-9-20-14)7-11(12)17-15(18)10-3-4-10/h7-8,10H,1-6,9,16H2. The maximum absolute atomic E-state index is 5.60. The molecule has 1 aromatic carbocycles. The van der Waals surface area contributed by atoms with Gasteiger partial charge in [0.15, 0.2) is 11.5 Å². The van der Waals surface area contributed by atoms with Gasteiger partial charge in [0.2, 0.25) is 6.79 Å². The van der Waals surface area contributed by atoms with E-state index in [-0.39, 0.29) is 0 Å². The summed E-state index contributed by atoms with van der Waals surface area (Å²) in [6, 6.07) is 4.07. The lowest BCUT2D eigenvalue weighted by Crippen LogP contribution is -2.06. The minimum atomic E-state index is 0.310. The largest absolute Gasteiger partial charge is 0.454 e. The van der Waals surface area contributed by atoms with Gasteiger partial charge in [-0.3, -0.25) is 0 Å². The number of ether oxygens (including phenoxy) is 2. The van der Waals surface area contributed by atoms with Crippen LogP contribution < -0.4 is 15.2 Å². The SMILES string of the molecule is NCCCCn1c(C2CC2)nc2cc3c(cc21)OCO3. The Bertz CT molecular complexity index is 646. The van der Waals surface area contributed by atoms with Crippen LogP contribution in [-0.4, -0.2) is 22.9 Å². The van der Waals surface area contributed by atoms with Crippen LogP contribution in [0.15, 0.2) is 12.1 Å². The monoisotopic (exact) mass is 273 g/mol. The number of aryl methyl sites for hydroxylation is 1. The number of unbranched alkanes of at least 4 members (excludes halogenated alkanes) is 1. The lowest BCUT2D eigenvalue weighted by Gasteiger charge is -2.08. The molecule has 5 heteroatoms. The van der Waals surface area contributed by atoms with Gasteiger partial charge in [-0.1, -0.05) is 0 Å². The highest BCUT2D eigenvalue weighted by Gasteiger charge is 2.30. The van der Waals surface area contributed by atoms with E-state index in [4.69, 9.17) is 20.2 Å². The number of nitrogens with two attached hydrogens (primary N) is 1. The van der Waals surface area contributed by atoms with E-state index in [0.29, 0.717) is 12.7 Å². The van der Waals surface area contributed by atoms with Crippen molar-refractivity contribution in [2.24, 2.45) is 5.73 Å². The van der Waals surface area contributed by atoms with Gasteiger partial charge < -0.3 is 19.8 Å². The third-order valence-corrected chi connectivity index (χ3v) is 4.05. The molecule has 2 heterocycles. The zero-order chi connectivity index (χ0) is 13.5. The van der Waals surface area contributed by atoms with Crippen LogP contribution in [0.3, 0.4) is 0 Å². The number of benzene rings is 1. The van der Waals surface area contributed by atoms with Crippen LogP contribution in [0, 0.1) is 0 Å². The van der Waals surface area contributed by atoms with Crippen molar-refractivity contribution in [2.45, 2.75) is 38.1 Å². The van der Waals surface area contributed by atoms with Gasteiger partial charge in [0, 0.05) is 24.6 Å². The van der Waals surface area contributed by atoms with E-state index in [1.807, 2.05) is 6.07 Å². The van der Waals surface area contributed by atoms with E-state index < -0.39 is 0 Å². The van der Waals surface area contributed by atoms with E-state index in [2.05, 4.69) is 10.6 Å². The molecule has 4 rings (SSSR count). The summed E-state index contributed by atoms with van der Waals surface area (Å²) in [6.07, 6.45) is 4.66. The maximum atomic E-state index is 5.60. The Morgan fingerprint density at radius 1 is 1.20 bits per heavy atom. The summed E-state index contributed by atoms with van der Waals surface area (Å²) < 4.78 is 13.3. The molecule has 0 unspecified atom stereocenters. The number of nitrogens with zero attached hydrogens (tertiary/aromatic N) is 2. The quantitative estimate of drug-likeness (QED) is 0.850. The van der Waals surface area contributed by atoms with Crippen molar-refractivity contribution in [3.63, 3.8) is 0 Å². The van der Waals surface area contributed by atoms with Crippen molar-refractivity contribution in [3.05, 3.63) is 18.0 Å². The molecule has 0 saturated heterocycles. The number of rotatable bonds is 5. The Morgan fingerprint density at radius 2 is 2.00 bits per heavy atom. The van der Waals surface area contributed by atoms with Crippen molar-refractivity contribution in [2.75, 3.05) is 13.3 Å². The second-order valence-corrected chi connectivity index (χ2v) is 5.59. The fraction of sp³-hybridized carbons (Fsp3) is 0.533. The summed E-state index contributed by atoms with van der Waals surface area (Å²) in [5.41, 5.74) is 7.78. The highest BCUT2D eigenvalue weighted by atomic mass is 16.7. The first-order valence-corrected chi connectivity index (χ1v) is 7.36. The maximum Gasteiger partial charge on any atom is 0.231 e. The molecule has 0 bridgehead atoms. The Balaban J connectivity index is 1.77. The molecule has 5 nitrogen and oxygen atoms in total. The fourth-order valence-electron chi connectivity index (χ4n) is 2.84. The molecule has 1 aliphatic carbocycles. The van der Waals surface area contributed by atoms with Crippen molar-refractivity contribution >= 4 is 11.0 Å². The first-order chi connectivity index (χ1) is 9.86. The molecule has 106 valence electrons. The Morgan fingerprint density at radius 3 is 2.75 bits per heavy atom. The second kappa shape index (κ2) is 4.66. The van der Waals surface area contributed by atoms with Crippen molar-refractivity contribution in [1.29, 1.82) is 0 Å². The molecule has 20 heavy (non-hydrogen) atoms. The van der Waals surface area contributed by atoms with Crippen molar-refractivity contribution in [3.8, 4) is 11.5 Å². The number of hydrogen-bond acceptors (Lipinski definition) is 4. The fourth-order valence-corrected chi connectivity index (χ4v) is 2.84. The summed E-state index contributed by atoms with van der Waals surface area (Å²) in [6.45, 7) is 2.04. The zero-order valence-electron chi connectivity index (χ0n) is 11.5. The third kappa shape index (κ3) is 1.93. The van der Waals surface area contributed by atoms with Gasteiger partial charge in [0.1, 0.15) is 5.82 Å². The second-order valence-electron chi connectivity index (χ2n) is 5.59. The molecule has 1 aliphatic heterocycles. The zero-order valence-corrected chi connectivity index (χ0v) is 11.5. The minimum absolute atomic E-state index is 0.310. The molecule has 0 spiro atoms. The first kappa shape index (κ1) is 12.0. The smallest absolute Gasteiger partial charge is 0.231 e. The predicted octanol–water partition coefficient (Wildman–Crippen LogP) is 2.38. The third-order valence-electron chi connectivity index (χ3n) is 4.05. The Labute approximate surface area is 117 Å². The van der Waals surface area contributed by atoms with E-state index in [0.717, 1.165) is 48.5 Å². The molecule has 1 fully saturated rings. The Hall–Kier alpha value is -1.75. The summed E-state index contributed by atoms with van der Waals surface area (Å²) in [5.74, 6) is 3.50. The van der Waals surface area contributed by atoms with Gasteiger partial charge in [0.25, 0.3) is 0 Å². The van der Waals surface area contributed by atoms with Crippen LogP contribution in [0.25, 0.3) is 11.0 Å². The summed E-state index contributed by atoms with van der Waals surface area (Å²) in [4.78, 5) is 4.83. The van der Waals surface area contributed by atoms with Gasteiger partial charge in [-0.15, -0.1) is 0 Å². The molecule has 2 N–H and O–H groups in total. The van der Waals surface area contributed by atoms with Crippen LogP contribution in [-0.2, 0) is 6.54 Å². The topological polar surface area (TPSA) is 62.3 Å². The molecule has 0 atom stereocenters. The van der Waals surface area contributed by atoms with Crippen LogP contribution >= 0.6 is 0 Å². The lowest BCUT2D eigenvalue weighted by atomic mass is 10.2. The van der Waals surface area contributed by atoms with Gasteiger partial charge >= 0.3 is 0 Å². The number of imidazole rings is 1. The lowest BCUT2D eigenvalue weighted by molar-refractivity contribution is 0.174. The van der Waals surface area contributed by atoms with E-state index in [1.165, 1.54) is 18.7 Å². The van der Waals surface area contributed by atoms with Crippen LogP contribution in [0.1, 0.15) is 37.4 Å². The van der Waals surface area contributed by atoms with Crippen molar-refractivity contribution in [1.82, 2.24) is 9.55 Å². The number of hydrogen-bond donors (Lipinski definition) is 1. The van der Waals surface area contributed by atoms with Gasteiger partial charge in [0.05, 0.1) is 11.0 Å². The van der Waals surface area contributed by atoms with E-state index >= 15 is 0 Å². The molecule has 2 aliphatic rings.